The molecule has 18 heavy (non-hydrogen) atoms. The van der Waals surface area contributed by atoms with Crippen molar-refractivity contribution in [3.05, 3.63) is 24.0 Å². The number of hydrogen-bond donors (Lipinski definition) is 2. The normalized spacial score (nSPS) is 11.4. The number of hydrogen-bond acceptors (Lipinski definition) is 5. The number of pyridine rings is 1. The predicted molar refractivity (Wildman–Crippen MR) is 78.3 cm³/mol. The fourth-order valence-corrected chi connectivity index (χ4v) is 3.20. The van der Waals surface area contributed by atoms with Crippen LogP contribution in [0.25, 0.3) is 0 Å². The van der Waals surface area contributed by atoms with E-state index in [1.807, 2.05) is 6.26 Å². The van der Waals surface area contributed by atoms with Crippen LogP contribution >= 0.6 is 24.0 Å². The van der Waals surface area contributed by atoms with Gasteiger partial charge in [-0.05, 0) is 30.6 Å². The van der Waals surface area contributed by atoms with E-state index in [1.165, 1.54) is 18.3 Å². The summed E-state index contributed by atoms with van der Waals surface area (Å²) in [5, 5.41) is 0. The molecule has 0 saturated carbocycles. The number of sulfonamides is 1. The summed E-state index contributed by atoms with van der Waals surface area (Å²) in [6.45, 7) is 0.384. The third kappa shape index (κ3) is 4.20. The van der Waals surface area contributed by atoms with E-state index in [9.17, 15) is 8.42 Å². The van der Waals surface area contributed by atoms with Crippen molar-refractivity contribution < 1.29 is 8.42 Å². The molecular formula is C10H15N3O2S3. The van der Waals surface area contributed by atoms with Gasteiger partial charge in [0.15, 0.2) is 0 Å². The lowest BCUT2D eigenvalue weighted by atomic mass is 10.3. The van der Waals surface area contributed by atoms with Crippen molar-refractivity contribution in [2.75, 3.05) is 18.6 Å². The average Bonchev–Trinajstić information content (AvgIpc) is 2.35. The van der Waals surface area contributed by atoms with E-state index in [1.54, 1.807) is 11.8 Å². The Morgan fingerprint density at radius 2 is 2.33 bits per heavy atom. The van der Waals surface area contributed by atoms with E-state index in [0.717, 1.165) is 12.2 Å². The molecule has 100 valence electrons. The van der Waals surface area contributed by atoms with E-state index >= 15 is 0 Å². The molecule has 0 unspecified atom stereocenters. The lowest BCUT2D eigenvalue weighted by Gasteiger charge is -2.09. The molecule has 0 fully saturated rings. The minimum absolute atomic E-state index is 0.0277. The fraction of sp³-hybridized carbons (Fsp3) is 0.400. The Labute approximate surface area is 117 Å². The molecule has 0 radical (unpaired) electrons. The maximum atomic E-state index is 12.0. The van der Waals surface area contributed by atoms with Crippen LogP contribution in [0.1, 0.15) is 12.1 Å². The number of rotatable bonds is 7. The van der Waals surface area contributed by atoms with Crippen molar-refractivity contribution in [1.29, 1.82) is 0 Å². The molecule has 3 N–H and O–H groups in total. The Hall–Kier alpha value is -0.700. The van der Waals surface area contributed by atoms with Gasteiger partial charge in [-0.3, -0.25) is 4.98 Å². The van der Waals surface area contributed by atoms with Crippen molar-refractivity contribution in [3.63, 3.8) is 0 Å². The average molecular weight is 305 g/mol. The molecule has 8 heteroatoms. The van der Waals surface area contributed by atoms with Gasteiger partial charge in [-0.25, -0.2) is 13.1 Å². The Kier molecular flexibility index (Phi) is 6.00. The summed E-state index contributed by atoms with van der Waals surface area (Å²) in [5.41, 5.74) is 5.59. The second kappa shape index (κ2) is 7.03. The maximum absolute atomic E-state index is 12.0. The highest BCUT2D eigenvalue weighted by Crippen LogP contribution is 2.12. The molecule has 0 spiro atoms. The summed E-state index contributed by atoms with van der Waals surface area (Å²) < 4.78 is 26.6. The molecule has 0 aromatic carbocycles. The van der Waals surface area contributed by atoms with Crippen LogP contribution in [0.4, 0.5) is 0 Å². The Morgan fingerprint density at radius 1 is 1.61 bits per heavy atom. The molecule has 0 aliphatic rings. The standard InChI is InChI=1S/C10H15N3O2S3/c1-17-7-3-6-13-18(14,15)8-4-2-5-12-9(8)10(11)16/h2,4-5,13H,3,6-7H2,1H3,(H2,11,16). The van der Waals surface area contributed by atoms with Gasteiger partial charge in [-0.1, -0.05) is 12.2 Å². The van der Waals surface area contributed by atoms with Crippen LogP contribution < -0.4 is 10.5 Å². The van der Waals surface area contributed by atoms with Gasteiger partial charge >= 0.3 is 0 Å². The van der Waals surface area contributed by atoms with Crippen molar-refractivity contribution in [2.24, 2.45) is 5.73 Å². The molecule has 0 saturated heterocycles. The zero-order chi connectivity index (χ0) is 13.6. The van der Waals surface area contributed by atoms with Gasteiger partial charge in [0.05, 0.1) is 0 Å². The highest BCUT2D eigenvalue weighted by atomic mass is 32.2. The number of thiocarbonyl (C=S) groups is 1. The Balaban J connectivity index is 2.88. The summed E-state index contributed by atoms with van der Waals surface area (Å²) >= 11 is 6.46. The molecule has 1 aromatic rings. The zero-order valence-corrected chi connectivity index (χ0v) is 12.4. The summed E-state index contributed by atoms with van der Waals surface area (Å²) in [4.78, 5) is 3.90. The molecule has 0 aliphatic carbocycles. The smallest absolute Gasteiger partial charge is 0.242 e. The lowest BCUT2D eigenvalue weighted by molar-refractivity contribution is 0.580. The molecule has 1 aromatic heterocycles. The van der Waals surface area contributed by atoms with Crippen molar-refractivity contribution in [3.8, 4) is 0 Å². The summed E-state index contributed by atoms with van der Waals surface area (Å²) in [6.07, 6.45) is 4.20. The molecule has 0 amide bonds. The predicted octanol–water partition coefficient (Wildman–Crippen LogP) is 0.747. The van der Waals surface area contributed by atoms with E-state index in [2.05, 4.69) is 9.71 Å². The lowest BCUT2D eigenvalue weighted by Crippen LogP contribution is -2.28. The SMILES string of the molecule is CSCCCNS(=O)(=O)c1cccnc1C(N)=S. The maximum Gasteiger partial charge on any atom is 0.242 e. The first-order valence-corrected chi connectivity index (χ1v) is 8.51. The van der Waals surface area contributed by atoms with E-state index in [4.69, 9.17) is 18.0 Å². The molecule has 5 nitrogen and oxygen atoms in total. The molecule has 1 heterocycles. The molecule has 0 aliphatic heterocycles. The second-order valence-corrected chi connectivity index (χ2v) is 6.62. The van der Waals surface area contributed by atoms with Gasteiger partial charge in [0.1, 0.15) is 15.6 Å². The van der Waals surface area contributed by atoms with Gasteiger partial charge in [-0.2, -0.15) is 11.8 Å². The second-order valence-electron chi connectivity index (χ2n) is 3.46. The molecule has 0 bridgehead atoms. The van der Waals surface area contributed by atoms with Crippen molar-refractivity contribution in [2.45, 2.75) is 11.3 Å². The zero-order valence-electron chi connectivity index (χ0n) is 9.92. The Morgan fingerprint density at radius 3 is 2.94 bits per heavy atom. The minimum atomic E-state index is -3.61. The monoisotopic (exact) mass is 305 g/mol. The first-order chi connectivity index (χ1) is 8.49. The topological polar surface area (TPSA) is 85.1 Å². The van der Waals surface area contributed by atoms with Crippen molar-refractivity contribution >= 4 is 39.0 Å². The summed E-state index contributed by atoms with van der Waals surface area (Å²) in [7, 11) is -3.61. The molecule has 0 atom stereocenters. The van der Waals surface area contributed by atoms with Crippen LogP contribution in [-0.4, -0.2) is 36.9 Å². The quantitative estimate of drug-likeness (QED) is 0.571. The summed E-state index contributed by atoms with van der Waals surface area (Å²) in [6, 6.07) is 2.98. The van der Waals surface area contributed by atoms with Crippen molar-refractivity contribution in [1.82, 2.24) is 9.71 Å². The number of thioether (sulfide) groups is 1. The number of aromatic nitrogens is 1. The Bertz CT molecular complexity index is 517. The van der Waals surface area contributed by atoms with Gasteiger partial charge < -0.3 is 5.73 Å². The van der Waals surface area contributed by atoms with Gasteiger partial charge in [0.25, 0.3) is 0 Å². The van der Waals surface area contributed by atoms with Crippen LogP contribution in [0.2, 0.25) is 0 Å². The van der Waals surface area contributed by atoms with Crippen LogP contribution in [0.15, 0.2) is 23.2 Å². The largest absolute Gasteiger partial charge is 0.388 e. The molecule has 1 rings (SSSR count). The van der Waals surface area contributed by atoms with Crippen LogP contribution in [-0.2, 0) is 10.0 Å². The van der Waals surface area contributed by atoms with E-state index in [0.29, 0.717) is 6.54 Å². The van der Waals surface area contributed by atoms with Crippen LogP contribution in [0, 0.1) is 0 Å². The van der Waals surface area contributed by atoms with Gasteiger partial charge in [0, 0.05) is 12.7 Å². The third-order valence-corrected chi connectivity index (χ3v) is 4.49. The summed E-state index contributed by atoms with van der Waals surface area (Å²) in [5.74, 6) is 0.901. The first-order valence-electron chi connectivity index (χ1n) is 5.22. The molecular weight excluding hydrogens is 290 g/mol. The van der Waals surface area contributed by atoms with Crippen LogP contribution in [0.3, 0.4) is 0 Å². The number of nitrogens with two attached hydrogens (primary N) is 1. The van der Waals surface area contributed by atoms with E-state index < -0.39 is 10.0 Å². The third-order valence-electron chi connectivity index (χ3n) is 2.11. The minimum Gasteiger partial charge on any atom is -0.388 e. The van der Waals surface area contributed by atoms with E-state index in [-0.39, 0.29) is 15.6 Å². The highest BCUT2D eigenvalue weighted by Gasteiger charge is 2.19. The van der Waals surface area contributed by atoms with Gasteiger partial charge in [0.2, 0.25) is 10.0 Å². The first kappa shape index (κ1) is 15.4. The van der Waals surface area contributed by atoms with Crippen LogP contribution in [0.5, 0.6) is 0 Å². The fourth-order valence-electron chi connectivity index (χ4n) is 1.29. The highest BCUT2D eigenvalue weighted by molar-refractivity contribution is 7.98. The number of nitrogens with zero attached hydrogens (tertiary/aromatic N) is 1. The number of nitrogens with one attached hydrogen (secondary N) is 1. The van der Waals surface area contributed by atoms with Gasteiger partial charge in [-0.15, -0.1) is 0 Å².